The quantitative estimate of drug-likeness (QED) is 0.785. The number of carboxylic acids is 1. The Kier molecular flexibility index (Phi) is 3.73. The molecule has 98 valence electrons. The van der Waals surface area contributed by atoms with Gasteiger partial charge in [-0.2, -0.15) is 0 Å². The molecule has 1 aliphatic carbocycles. The summed E-state index contributed by atoms with van der Waals surface area (Å²) in [4.78, 5) is 13.4. The van der Waals surface area contributed by atoms with Crippen molar-refractivity contribution in [2.45, 2.75) is 70.2 Å². The van der Waals surface area contributed by atoms with Crippen LogP contribution in [0.3, 0.4) is 0 Å². The first kappa shape index (κ1) is 12.8. The first-order valence-corrected chi connectivity index (χ1v) is 6.70. The number of aliphatic hydroxyl groups is 1. The van der Waals surface area contributed by atoms with Crippen LogP contribution in [0.2, 0.25) is 0 Å². The number of carbonyl (C=O) groups is 1. The number of rotatable bonds is 3. The zero-order valence-electron chi connectivity index (χ0n) is 10.7. The van der Waals surface area contributed by atoms with E-state index in [0.29, 0.717) is 12.0 Å². The zero-order valence-corrected chi connectivity index (χ0v) is 10.7. The summed E-state index contributed by atoms with van der Waals surface area (Å²) in [5.41, 5.74) is 0. The van der Waals surface area contributed by atoms with Gasteiger partial charge in [-0.15, -0.1) is 0 Å². The topological polar surface area (TPSA) is 60.8 Å². The van der Waals surface area contributed by atoms with Gasteiger partial charge in [-0.1, -0.05) is 12.8 Å². The molecular weight excluding hydrogens is 218 g/mol. The minimum absolute atomic E-state index is 0.0656. The molecule has 5 unspecified atom stereocenters. The van der Waals surface area contributed by atoms with E-state index in [9.17, 15) is 15.0 Å². The highest BCUT2D eigenvalue weighted by atomic mass is 16.4. The van der Waals surface area contributed by atoms with Crippen molar-refractivity contribution in [1.82, 2.24) is 4.90 Å². The summed E-state index contributed by atoms with van der Waals surface area (Å²) in [7, 11) is 0. The lowest BCUT2D eigenvalue weighted by Gasteiger charge is -2.38. The maximum atomic E-state index is 11.4. The summed E-state index contributed by atoms with van der Waals surface area (Å²) < 4.78 is 0. The fourth-order valence-electron chi connectivity index (χ4n) is 3.56. The fourth-order valence-corrected chi connectivity index (χ4v) is 3.56. The van der Waals surface area contributed by atoms with Crippen molar-refractivity contribution >= 4 is 5.97 Å². The predicted molar refractivity (Wildman–Crippen MR) is 64.8 cm³/mol. The van der Waals surface area contributed by atoms with Gasteiger partial charge in [0, 0.05) is 12.1 Å². The molecule has 0 aromatic rings. The second-order valence-electron chi connectivity index (χ2n) is 5.63. The molecule has 2 N–H and O–H groups in total. The molecular formula is C13H23NO3. The Morgan fingerprint density at radius 1 is 1.29 bits per heavy atom. The van der Waals surface area contributed by atoms with Crippen LogP contribution in [0.25, 0.3) is 0 Å². The van der Waals surface area contributed by atoms with Gasteiger partial charge < -0.3 is 10.2 Å². The molecule has 1 aliphatic heterocycles. The highest BCUT2D eigenvalue weighted by Gasteiger charge is 2.47. The highest BCUT2D eigenvalue weighted by Crippen LogP contribution is 2.41. The number of likely N-dealkylation sites (tertiary alicyclic amines) is 1. The number of hydrogen-bond acceptors (Lipinski definition) is 3. The van der Waals surface area contributed by atoms with Gasteiger partial charge in [0.15, 0.2) is 0 Å². The summed E-state index contributed by atoms with van der Waals surface area (Å²) in [6.45, 7) is 3.69. The fraction of sp³-hybridized carbons (Fsp3) is 0.923. The third kappa shape index (κ3) is 2.33. The standard InChI is InChI=1S/C13H23NO3/c1-8(9(2)15)14-11-6-4-3-5-10(11)7-12(14)13(16)17/h8-12,15H,3-7H2,1-2H3,(H,16,17). The second-order valence-corrected chi connectivity index (χ2v) is 5.63. The van der Waals surface area contributed by atoms with E-state index < -0.39 is 18.1 Å². The van der Waals surface area contributed by atoms with Crippen LogP contribution in [-0.4, -0.2) is 45.3 Å². The summed E-state index contributed by atoms with van der Waals surface area (Å²) in [6, 6.07) is -0.0913. The van der Waals surface area contributed by atoms with Crippen LogP contribution in [0, 0.1) is 5.92 Å². The number of fused-ring (bicyclic) bond motifs is 1. The van der Waals surface area contributed by atoms with E-state index in [1.54, 1.807) is 6.92 Å². The van der Waals surface area contributed by atoms with Crippen LogP contribution in [0.4, 0.5) is 0 Å². The van der Waals surface area contributed by atoms with Crippen LogP contribution in [0.5, 0.6) is 0 Å². The Morgan fingerprint density at radius 3 is 2.53 bits per heavy atom. The molecule has 2 rings (SSSR count). The molecule has 0 radical (unpaired) electrons. The minimum Gasteiger partial charge on any atom is -0.480 e. The van der Waals surface area contributed by atoms with Crippen LogP contribution in [-0.2, 0) is 4.79 Å². The molecule has 0 aromatic carbocycles. The van der Waals surface area contributed by atoms with Gasteiger partial charge in [-0.3, -0.25) is 9.69 Å². The molecule has 1 saturated carbocycles. The summed E-state index contributed by atoms with van der Waals surface area (Å²) in [5, 5.41) is 19.1. The smallest absolute Gasteiger partial charge is 0.320 e. The monoisotopic (exact) mass is 241 g/mol. The summed E-state index contributed by atoms with van der Waals surface area (Å²) in [5.74, 6) is -0.210. The van der Waals surface area contributed by atoms with E-state index in [-0.39, 0.29) is 6.04 Å². The number of aliphatic carboxylic acids is 1. The molecule has 0 amide bonds. The van der Waals surface area contributed by atoms with E-state index >= 15 is 0 Å². The summed E-state index contributed by atoms with van der Waals surface area (Å²) in [6.07, 6.45) is 4.94. The first-order chi connectivity index (χ1) is 8.02. The van der Waals surface area contributed by atoms with Gasteiger partial charge in [-0.05, 0) is 39.0 Å². The van der Waals surface area contributed by atoms with Crippen molar-refractivity contribution in [3.63, 3.8) is 0 Å². The van der Waals surface area contributed by atoms with Gasteiger partial charge >= 0.3 is 5.97 Å². The Bertz CT molecular complexity index is 292. The van der Waals surface area contributed by atoms with Crippen LogP contribution in [0.1, 0.15) is 46.0 Å². The Hall–Kier alpha value is -0.610. The Labute approximate surface area is 103 Å². The molecule has 1 heterocycles. The molecule has 2 aliphatic rings. The van der Waals surface area contributed by atoms with Gasteiger partial charge in [0.1, 0.15) is 6.04 Å². The third-order valence-corrected chi connectivity index (χ3v) is 4.59. The van der Waals surface area contributed by atoms with Crippen molar-refractivity contribution in [2.24, 2.45) is 5.92 Å². The predicted octanol–water partition coefficient (Wildman–Crippen LogP) is 1.47. The zero-order chi connectivity index (χ0) is 12.6. The number of nitrogens with zero attached hydrogens (tertiary/aromatic N) is 1. The van der Waals surface area contributed by atoms with E-state index in [1.165, 1.54) is 12.8 Å². The van der Waals surface area contributed by atoms with Gasteiger partial charge in [0.2, 0.25) is 0 Å². The van der Waals surface area contributed by atoms with Crippen molar-refractivity contribution in [1.29, 1.82) is 0 Å². The maximum Gasteiger partial charge on any atom is 0.320 e. The first-order valence-electron chi connectivity index (χ1n) is 6.70. The lowest BCUT2D eigenvalue weighted by molar-refractivity contribution is -0.144. The largest absolute Gasteiger partial charge is 0.480 e. The average molecular weight is 241 g/mol. The number of aliphatic hydroxyl groups excluding tert-OH is 1. The highest BCUT2D eigenvalue weighted by molar-refractivity contribution is 5.74. The van der Waals surface area contributed by atoms with Crippen molar-refractivity contribution in [3.8, 4) is 0 Å². The van der Waals surface area contributed by atoms with E-state index in [4.69, 9.17) is 0 Å². The van der Waals surface area contributed by atoms with Crippen LogP contribution >= 0.6 is 0 Å². The lowest BCUT2D eigenvalue weighted by Crippen LogP contribution is -2.51. The molecule has 5 atom stereocenters. The number of carboxylic acid groups (broad SMARTS) is 1. The van der Waals surface area contributed by atoms with Crippen molar-refractivity contribution in [2.75, 3.05) is 0 Å². The van der Waals surface area contributed by atoms with Crippen molar-refractivity contribution in [3.05, 3.63) is 0 Å². The molecule has 4 nitrogen and oxygen atoms in total. The summed E-state index contributed by atoms with van der Waals surface area (Å²) >= 11 is 0. The molecule has 4 heteroatoms. The SMILES string of the molecule is CC(O)C(C)N1C(C(=O)O)CC2CCCCC21. The molecule has 17 heavy (non-hydrogen) atoms. The van der Waals surface area contributed by atoms with Gasteiger partial charge in [0.05, 0.1) is 6.10 Å². The van der Waals surface area contributed by atoms with Gasteiger partial charge in [-0.25, -0.2) is 0 Å². The van der Waals surface area contributed by atoms with Crippen LogP contribution < -0.4 is 0 Å². The number of hydrogen-bond donors (Lipinski definition) is 2. The molecule has 0 spiro atoms. The van der Waals surface area contributed by atoms with Gasteiger partial charge in [0.25, 0.3) is 0 Å². The Balaban J connectivity index is 2.20. The van der Waals surface area contributed by atoms with E-state index in [1.807, 2.05) is 6.92 Å². The average Bonchev–Trinajstić information content (AvgIpc) is 2.67. The molecule has 1 saturated heterocycles. The third-order valence-electron chi connectivity index (χ3n) is 4.59. The van der Waals surface area contributed by atoms with E-state index in [2.05, 4.69) is 4.90 Å². The van der Waals surface area contributed by atoms with Crippen LogP contribution in [0.15, 0.2) is 0 Å². The molecule has 0 aromatic heterocycles. The van der Waals surface area contributed by atoms with Crippen molar-refractivity contribution < 1.29 is 15.0 Å². The minimum atomic E-state index is -0.730. The second kappa shape index (κ2) is 4.94. The molecule has 0 bridgehead atoms. The molecule has 2 fully saturated rings. The lowest BCUT2D eigenvalue weighted by atomic mass is 9.84. The Morgan fingerprint density at radius 2 is 1.94 bits per heavy atom. The normalized spacial score (nSPS) is 37.5. The maximum absolute atomic E-state index is 11.4. The van der Waals surface area contributed by atoms with E-state index in [0.717, 1.165) is 19.3 Å².